The standard InChI is InChI=1S/C12H27NO2S/c1-6-7-12(4,10-13-5)8-9-16(14,15)11(2)3/h11,13H,6-10H2,1-5H3. The summed E-state index contributed by atoms with van der Waals surface area (Å²) in [5, 5.41) is 2.91. The van der Waals surface area contributed by atoms with Crippen molar-refractivity contribution >= 4 is 9.84 Å². The van der Waals surface area contributed by atoms with E-state index in [4.69, 9.17) is 0 Å². The van der Waals surface area contributed by atoms with E-state index in [0.29, 0.717) is 5.75 Å². The number of sulfone groups is 1. The average Bonchev–Trinajstić information content (AvgIpc) is 2.16. The molecule has 0 aromatic rings. The fraction of sp³-hybridized carbons (Fsp3) is 1.00. The molecule has 0 amide bonds. The van der Waals surface area contributed by atoms with Gasteiger partial charge in [0.2, 0.25) is 0 Å². The molecule has 0 aliphatic heterocycles. The quantitative estimate of drug-likeness (QED) is 0.717. The fourth-order valence-corrected chi connectivity index (χ4v) is 3.21. The van der Waals surface area contributed by atoms with Crippen LogP contribution in [-0.4, -0.2) is 33.0 Å². The van der Waals surface area contributed by atoms with Gasteiger partial charge in [0.15, 0.2) is 9.84 Å². The second-order valence-electron chi connectivity index (χ2n) is 5.26. The van der Waals surface area contributed by atoms with Crippen LogP contribution in [0.25, 0.3) is 0 Å². The lowest BCUT2D eigenvalue weighted by Crippen LogP contribution is -2.32. The van der Waals surface area contributed by atoms with Gasteiger partial charge in [-0.3, -0.25) is 0 Å². The summed E-state index contributed by atoms with van der Waals surface area (Å²) in [5.41, 5.74) is 0.103. The van der Waals surface area contributed by atoms with E-state index < -0.39 is 9.84 Å². The van der Waals surface area contributed by atoms with Crippen LogP contribution >= 0.6 is 0 Å². The Kier molecular flexibility index (Phi) is 6.56. The summed E-state index contributed by atoms with van der Waals surface area (Å²) in [6.45, 7) is 8.71. The molecule has 98 valence electrons. The van der Waals surface area contributed by atoms with Crippen LogP contribution in [0.2, 0.25) is 0 Å². The van der Waals surface area contributed by atoms with Crippen molar-refractivity contribution in [1.29, 1.82) is 0 Å². The maximum atomic E-state index is 11.8. The van der Waals surface area contributed by atoms with Crippen molar-refractivity contribution in [2.24, 2.45) is 5.41 Å². The van der Waals surface area contributed by atoms with E-state index >= 15 is 0 Å². The van der Waals surface area contributed by atoms with Crippen LogP contribution in [0.15, 0.2) is 0 Å². The first kappa shape index (κ1) is 15.9. The van der Waals surface area contributed by atoms with Crippen molar-refractivity contribution in [2.45, 2.75) is 52.2 Å². The van der Waals surface area contributed by atoms with E-state index in [1.54, 1.807) is 13.8 Å². The molecular formula is C12H27NO2S. The summed E-state index contributed by atoms with van der Waals surface area (Å²) in [7, 11) is -0.974. The SMILES string of the molecule is CCCC(C)(CCS(=O)(=O)C(C)C)CNC. The molecular weight excluding hydrogens is 222 g/mol. The Morgan fingerprint density at radius 2 is 1.81 bits per heavy atom. The Balaban J connectivity index is 4.43. The Hall–Kier alpha value is -0.0900. The van der Waals surface area contributed by atoms with Crippen molar-refractivity contribution in [3.63, 3.8) is 0 Å². The third kappa shape index (κ3) is 5.30. The Morgan fingerprint density at radius 1 is 1.25 bits per heavy atom. The van der Waals surface area contributed by atoms with Gasteiger partial charge in [0.1, 0.15) is 0 Å². The molecule has 0 heterocycles. The number of nitrogens with one attached hydrogen (secondary N) is 1. The Labute approximate surface area is 101 Å². The van der Waals surface area contributed by atoms with E-state index in [2.05, 4.69) is 19.2 Å². The minimum absolute atomic E-state index is 0.103. The van der Waals surface area contributed by atoms with Gasteiger partial charge in [0.05, 0.1) is 11.0 Å². The highest BCUT2D eigenvalue weighted by molar-refractivity contribution is 7.91. The van der Waals surface area contributed by atoms with Gasteiger partial charge in [-0.05, 0) is 39.2 Å². The maximum absolute atomic E-state index is 11.8. The Bertz CT molecular complexity index is 277. The molecule has 3 nitrogen and oxygen atoms in total. The molecule has 1 unspecified atom stereocenters. The first-order valence-corrected chi connectivity index (χ1v) is 7.85. The van der Waals surface area contributed by atoms with Crippen molar-refractivity contribution in [3.05, 3.63) is 0 Å². The summed E-state index contributed by atoms with van der Waals surface area (Å²) in [5.74, 6) is 0.308. The molecule has 0 aliphatic rings. The van der Waals surface area contributed by atoms with Crippen LogP contribution in [0, 0.1) is 5.41 Å². The molecule has 0 aromatic heterocycles. The molecule has 0 radical (unpaired) electrons. The van der Waals surface area contributed by atoms with Crippen molar-refractivity contribution < 1.29 is 8.42 Å². The van der Waals surface area contributed by atoms with Crippen LogP contribution in [0.5, 0.6) is 0 Å². The summed E-state index contributed by atoms with van der Waals surface area (Å²) in [6.07, 6.45) is 2.92. The zero-order chi connectivity index (χ0) is 12.8. The topological polar surface area (TPSA) is 46.2 Å². The highest BCUT2D eigenvalue weighted by Gasteiger charge is 2.26. The molecule has 0 aromatic carbocycles. The molecule has 4 heteroatoms. The number of hydrogen-bond donors (Lipinski definition) is 1. The minimum atomic E-state index is -2.90. The molecule has 0 fully saturated rings. The minimum Gasteiger partial charge on any atom is -0.319 e. The lowest BCUT2D eigenvalue weighted by atomic mass is 9.83. The molecule has 0 spiro atoms. The van der Waals surface area contributed by atoms with Crippen LogP contribution < -0.4 is 5.32 Å². The number of hydrogen-bond acceptors (Lipinski definition) is 3. The highest BCUT2D eigenvalue weighted by Crippen LogP contribution is 2.27. The molecule has 16 heavy (non-hydrogen) atoms. The molecule has 0 saturated heterocycles. The fourth-order valence-electron chi connectivity index (χ4n) is 1.96. The van der Waals surface area contributed by atoms with Crippen LogP contribution in [-0.2, 0) is 9.84 Å². The van der Waals surface area contributed by atoms with Gasteiger partial charge in [0.25, 0.3) is 0 Å². The van der Waals surface area contributed by atoms with Crippen molar-refractivity contribution in [1.82, 2.24) is 5.32 Å². The summed E-state index contributed by atoms with van der Waals surface area (Å²) in [4.78, 5) is 0. The third-order valence-corrected chi connectivity index (χ3v) is 5.38. The van der Waals surface area contributed by atoms with E-state index in [1.165, 1.54) is 0 Å². The maximum Gasteiger partial charge on any atom is 0.152 e. The monoisotopic (exact) mass is 249 g/mol. The lowest BCUT2D eigenvalue weighted by Gasteiger charge is -2.29. The van der Waals surface area contributed by atoms with Crippen molar-refractivity contribution in [3.8, 4) is 0 Å². The van der Waals surface area contributed by atoms with Gasteiger partial charge >= 0.3 is 0 Å². The smallest absolute Gasteiger partial charge is 0.152 e. The zero-order valence-corrected chi connectivity index (χ0v) is 12.2. The average molecular weight is 249 g/mol. The third-order valence-electron chi connectivity index (χ3n) is 3.17. The molecule has 1 N–H and O–H groups in total. The summed E-state index contributed by atoms with van der Waals surface area (Å²) in [6, 6.07) is 0. The van der Waals surface area contributed by atoms with E-state index in [9.17, 15) is 8.42 Å². The van der Waals surface area contributed by atoms with Gasteiger partial charge in [-0.25, -0.2) is 8.42 Å². The predicted molar refractivity (Wildman–Crippen MR) is 70.5 cm³/mol. The van der Waals surface area contributed by atoms with Gasteiger partial charge in [-0.2, -0.15) is 0 Å². The van der Waals surface area contributed by atoms with Crippen LogP contribution in [0.3, 0.4) is 0 Å². The van der Waals surface area contributed by atoms with Crippen LogP contribution in [0.4, 0.5) is 0 Å². The van der Waals surface area contributed by atoms with Gasteiger partial charge in [0, 0.05) is 6.54 Å². The largest absolute Gasteiger partial charge is 0.319 e. The second-order valence-corrected chi connectivity index (χ2v) is 7.93. The van der Waals surface area contributed by atoms with Gasteiger partial charge in [-0.1, -0.05) is 20.3 Å². The molecule has 0 bridgehead atoms. The summed E-state index contributed by atoms with van der Waals surface area (Å²) < 4.78 is 23.5. The molecule has 1 atom stereocenters. The van der Waals surface area contributed by atoms with Gasteiger partial charge < -0.3 is 5.32 Å². The van der Waals surface area contributed by atoms with Crippen molar-refractivity contribution in [2.75, 3.05) is 19.3 Å². The molecule has 0 rings (SSSR count). The second kappa shape index (κ2) is 6.60. The van der Waals surface area contributed by atoms with E-state index in [0.717, 1.165) is 25.8 Å². The predicted octanol–water partition coefficient (Wildman–Crippen LogP) is 2.23. The number of rotatable bonds is 8. The Morgan fingerprint density at radius 3 is 2.19 bits per heavy atom. The molecule has 0 aliphatic carbocycles. The summed E-state index contributed by atoms with van der Waals surface area (Å²) >= 11 is 0. The first-order valence-electron chi connectivity index (χ1n) is 6.13. The lowest BCUT2D eigenvalue weighted by molar-refractivity contribution is 0.275. The van der Waals surface area contributed by atoms with Crippen LogP contribution in [0.1, 0.15) is 47.0 Å². The molecule has 0 saturated carbocycles. The first-order chi connectivity index (χ1) is 7.27. The normalized spacial score (nSPS) is 16.4. The highest BCUT2D eigenvalue weighted by atomic mass is 32.2. The van der Waals surface area contributed by atoms with E-state index in [-0.39, 0.29) is 10.7 Å². The van der Waals surface area contributed by atoms with E-state index in [1.807, 2.05) is 7.05 Å². The zero-order valence-electron chi connectivity index (χ0n) is 11.3. The van der Waals surface area contributed by atoms with Gasteiger partial charge in [-0.15, -0.1) is 0 Å².